The normalized spacial score (nSPS) is 12.7. The minimum absolute atomic E-state index is 0.0530. The van der Waals surface area contributed by atoms with Gasteiger partial charge in [-0.2, -0.15) is 0 Å². The predicted octanol–water partition coefficient (Wildman–Crippen LogP) is 41.1. The standard InChI is InChI=1S/C48H29NS2.C45H29NS2.C42H23NOS2/c1-3-11-30(12-4-1)32-21-24-43-40(27-32)41-28-33(31-13-5-2-6-14-31)22-25-44(41)49(43)34-23-26-46-42(29-34)39-19-10-18-38(48(39)51-46)37-17-9-16-36-35-15-7-8-20-45(35)50-47(36)37;1-45(2)37-18-6-3-11-27(37)34-24-35-28-12-4-7-19-39(28)46(40(35)25-38(34)45)26-21-22-42-36(23-26)33-17-10-16-32(44(33)48-42)31-15-9-14-30-29-13-5-8-20-41(29)47-43(30)31;1-4-16-35-25(9-1)32-22-33-26-10-2-5-17-37(26)44-38(33)23-36(32)43(35)24-19-20-40-34(21-24)31-15-8-14-30(42(31)46-40)29-13-7-12-28-27-11-3-6-18-39(27)45-41(28)29/h1-29H;3-25H,1-2H3;1-23H. The Bertz CT molecular complexity index is 11000. The zero-order valence-electron chi connectivity index (χ0n) is 78.5. The van der Waals surface area contributed by atoms with Crippen molar-refractivity contribution in [1.29, 1.82) is 0 Å². The molecule has 1 aliphatic carbocycles. The van der Waals surface area contributed by atoms with Gasteiger partial charge < -0.3 is 18.1 Å². The number of nitrogens with zero attached hydrogens (tertiary/aromatic N) is 3. The lowest BCUT2D eigenvalue weighted by Gasteiger charge is -2.21. The van der Waals surface area contributed by atoms with Gasteiger partial charge >= 0.3 is 0 Å². The molecule has 0 saturated carbocycles. The van der Waals surface area contributed by atoms with Crippen LogP contribution in [-0.2, 0) is 5.41 Å². The van der Waals surface area contributed by atoms with E-state index in [-0.39, 0.29) is 5.41 Å². The number of hydrogen-bond acceptors (Lipinski definition) is 7. The maximum Gasteiger partial charge on any atom is 0.137 e. The van der Waals surface area contributed by atoms with E-state index in [1.165, 1.54) is 270 Å². The molecule has 10 heterocycles. The van der Waals surface area contributed by atoms with E-state index in [2.05, 4.69) is 476 Å². The van der Waals surface area contributed by atoms with Crippen molar-refractivity contribution in [3.8, 4) is 83.8 Å². The highest BCUT2D eigenvalue weighted by atomic mass is 32.1. The van der Waals surface area contributed by atoms with Crippen LogP contribution >= 0.6 is 68.0 Å². The third-order valence-corrected chi connectivity index (χ3v) is 38.1. The van der Waals surface area contributed by atoms with E-state index in [0.29, 0.717) is 0 Å². The second-order valence-electron chi connectivity index (χ2n) is 39.0. The van der Waals surface area contributed by atoms with Crippen molar-refractivity contribution in [3.05, 3.63) is 466 Å². The summed E-state index contributed by atoms with van der Waals surface area (Å²) in [6.07, 6.45) is 0. The second-order valence-corrected chi connectivity index (χ2v) is 45.3. The van der Waals surface area contributed by atoms with Gasteiger partial charge in [-0.25, -0.2) is 0 Å². The summed E-state index contributed by atoms with van der Waals surface area (Å²) >= 11 is 11.4. The van der Waals surface area contributed by atoms with Crippen molar-refractivity contribution in [2.75, 3.05) is 0 Å². The Labute approximate surface area is 856 Å². The summed E-state index contributed by atoms with van der Waals surface area (Å²) in [4.78, 5) is 0. The molecule has 33 rings (SSSR count). The van der Waals surface area contributed by atoms with Crippen LogP contribution in [0.15, 0.2) is 459 Å². The molecule has 0 fully saturated rings. The smallest absolute Gasteiger partial charge is 0.137 e. The van der Waals surface area contributed by atoms with E-state index >= 15 is 0 Å². The molecule has 32 aromatic rings. The van der Waals surface area contributed by atoms with Crippen molar-refractivity contribution < 1.29 is 4.42 Å². The average molecular weight is 1950 g/mol. The molecular formula is C135H81N3OS6. The fourth-order valence-electron chi connectivity index (χ4n) is 24.1. The summed E-state index contributed by atoms with van der Waals surface area (Å²) in [5.74, 6) is 0. The van der Waals surface area contributed by atoms with Crippen LogP contribution in [0.4, 0.5) is 0 Å². The number of para-hydroxylation sites is 3. The van der Waals surface area contributed by atoms with Crippen LogP contribution in [0.2, 0.25) is 0 Å². The quantitative estimate of drug-likeness (QED) is 0.149. The Morgan fingerprint density at radius 2 is 0.476 bits per heavy atom. The van der Waals surface area contributed by atoms with Crippen LogP contribution in [0.25, 0.3) is 292 Å². The zero-order valence-corrected chi connectivity index (χ0v) is 83.4. The highest BCUT2D eigenvalue weighted by Gasteiger charge is 2.37. The number of rotatable bonds is 8. The monoisotopic (exact) mass is 1950 g/mol. The van der Waals surface area contributed by atoms with Crippen LogP contribution in [0.5, 0.6) is 0 Å². The molecule has 0 radical (unpaired) electrons. The van der Waals surface area contributed by atoms with Crippen molar-refractivity contribution in [1.82, 2.24) is 13.7 Å². The lowest BCUT2D eigenvalue weighted by molar-refractivity contribution is 0.661. The molecule has 0 bridgehead atoms. The van der Waals surface area contributed by atoms with Gasteiger partial charge in [-0.1, -0.05) is 329 Å². The van der Waals surface area contributed by atoms with Gasteiger partial charge in [-0.3, -0.25) is 0 Å². The minimum atomic E-state index is -0.0530. The van der Waals surface area contributed by atoms with Gasteiger partial charge in [0.15, 0.2) is 0 Å². The van der Waals surface area contributed by atoms with Crippen molar-refractivity contribution in [2.24, 2.45) is 0 Å². The molecule has 10 heteroatoms. The molecule has 22 aromatic carbocycles. The van der Waals surface area contributed by atoms with Gasteiger partial charge in [0, 0.05) is 226 Å². The van der Waals surface area contributed by atoms with E-state index in [9.17, 15) is 0 Å². The molecule has 4 nitrogen and oxygen atoms in total. The third kappa shape index (κ3) is 12.7. The Morgan fingerprint density at radius 3 is 0.903 bits per heavy atom. The van der Waals surface area contributed by atoms with Crippen LogP contribution in [0, 0.1) is 0 Å². The SMILES string of the molecule is CC1(C)c2ccccc2-c2cc3c4ccccc4n(-c4ccc5sc6c(-c7cccc8c7sc7ccccc78)cccc6c5c4)c3cc21.c1ccc(-c2ccc3c(c2)c2cc(-c4ccccc4)ccc2n3-c2ccc3sc4c(-c5cccc6c5sc5ccccc56)cccc4c3c2)cc1.c1ccc2c(c1)oc1cc3c(cc12)c1ccccc1n3-c1ccc2sc3c(-c4cccc5c4sc4ccccc45)cccc3c2c1. The highest BCUT2D eigenvalue weighted by molar-refractivity contribution is 7.29. The van der Waals surface area contributed by atoms with Crippen LogP contribution in [0.3, 0.4) is 0 Å². The molecule has 0 atom stereocenters. The Morgan fingerprint density at radius 1 is 0.166 bits per heavy atom. The topological polar surface area (TPSA) is 27.9 Å². The van der Waals surface area contributed by atoms with Gasteiger partial charge in [-0.05, 0) is 178 Å². The first-order chi connectivity index (χ1) is 71.6. The van der Waals surface area contributed by atoms with Gasteiger partial charge in [0.2, 0.25) is 0 Å². The minimum Gasteiger partial charge on any atom is -0.456 e. The second kappa shape index (κ2) is 32.2. The first-order valence-corrected chi connectivity index (χ1v) is 54.3. The molecule has 145 heavy (non-hydrogen) atoms. The summed E-state index contributed by atoms with van der Waals surface area (Å²) in [5, 5.41) is 25.8. The zero-order chi connectivity index (χ0) is 95.1. The van der Waals surface area contributed by atoms with E-state index in [1.54, 1.807) is 0 Å². The fraction of sp³-hybridized carbons (Fsp3) is 0.0222. The summed E-state index contributed by atoms with van der Waals surface area (Å²) in [5.41, 5.74) is 31.0. The highest BCUT2D eigenvalue weighted by Crippen LogP contribution is 2.56. The largest absolute Gasteiger partial charge is 0.456 e. The Balaban J connectivity index is 0.0000000991. The van der Waals surface area contributed by atoms with Gasteiger partial charge in [0.05, 0.1) is 33.1 Å². The molecule has 0 spiro atoms. The van der Waals surface area contributed by atoms with Gasteiger partial charge in [-0.15, -0.1) is 68.0 Å². The molecule has 0 unspecified atom stereocenters. The lowest BCUT2D eigenvalue weighted by atomic mass is 9.82. The number of aromatic nitrogens is 3. The van der Waals surface area contributed by atoms with Crippen molar-refractivity contribution >= 4 is 276 Å². The lowest BCUT2D eigenvalue weighted by Crippen LogP contribution is -2.14. The molecule has 0 aliphatic heterocycles. The van der Waals surface area contributed by atoms with Gasteiger partial charge in [0.25, 0.3) is 0 Å². The van der Waals surface area contributed by atoms with Crippen LogP contribution in [-0.4, -0.2) is 13.7 Å². The Hall–Kier alpha value is -16.6. The Kier molecular flexibility index (Phi) is 18.4. The number of benzene rings is 22. The molecular weight excluding hydrogens is 1870 g/mol. The average Bonchev–Trinajstić information content (AvgIpc) is 1.53. The molecule has 0 N–H and O–H groups in total. The van der Waals surface area contributed by atoms with Gasteiger partial charge in [0.1, 0.15) is 11.2 Å². The number of furan rings is 1. The van der Waals surface area contributed by atoms with E-state index in [0.717, 1.165) is 33.1 Å². The summed E-state index contributed by atoms with van der Waals surface area (Å²) < 4.78 is 29.8. The number of thiophene rings is 6. The van der Waals surface area contributed by atoms with Crippen molar-refractivity contribution in [2.45, 2.75) is 19.3 Å². The first-order valence-electron chi connectivity index (χ1n) is 49.4. The maximum atomic E-state index is 6.36. The van der Waals surface area contributed by atoms with Crippen LogP contribution < -0.4 is 0 Å². The molecule has 10 aromatic heterocycles. The molecule has 1 aliphatic rings. The van der Waals surface area contributed by atoms with E-state index < -0.39 is 0 Å². The molecule has 678 valence electrons. The summed E-state index contributed by atoms with van der Waals surface area (Å²) in [6, 6.07) is 168. The summed E-state index contributed by atoms with van der Waals surface area (Å²) in [7, 11) is 0. The third-order valence-electron chi connectivity index (χ3n) is 30.8. The fourth-order valence-corrected chi connectivity index (χ4v) is 31.4. The number of hydrogen-bond donors (Lipinski definition) is 0. The first kappa shape index (κ1) is 83.0. The maximum absolute atomic E-state index is 6.36. The molecule has 0 amide bonds. The molecule has 0 saturated heterocycles. The van der Waals surface area contributed by atoms with E-state index in [4.69, 9.17) is 4.42 Å². The number of fused-ring (bicyclic) bond motifs is 33. The summed E-state index contributed by atoms with van der Waals surface area (Å²) in [6.45, 7) is 4.74. The predicted molar refractivity (Wildman–Crippen MR) is 632 cm³/mol. The van der Waals surface area contributed by atoms with E-state index in [1.807, 2.05) is 74.1 Å². The van der Waals surface area contributed by atoms with Crippen LogP contribution in [0.1, 0.15) is 25.0 Å². The van der Waals surface area contributed by atoms with Crippen molar-refractivity contribution in [3.63, 3.8) is 0 Å².